The fraction of sp³-hybridized carbons (Fsp3) is 0.833. The average Bonchev–Trinajstić information content (AvgIpc) is 2.35. The number of carbonyl (C=O) groups is 2. The first-order valence-corrected chi connectivity index (χ1v) is 8.24. The molecule has 0 unspecified atom stereocenters. The van der Waals surface area contributed by atoms with Gasteiger partial charge in [-0.15, -0.1) is 0 Å². The highest BCUT2D eigenvalue weighted by molar-refractivity contribution is 7.89. The zero-order valence-electron chi connectivity index (χ0n) is 11.6. The molecule has 1 fully saturated rings. The molecule has 0 bridgehead atoms. The minimum Gasteiger partial charge on any atom is -0.481 e. The van der Waals surface area contributed by atoms with E-state index in [-0.39, 0.29) is 18.6 Å². The first kappa shape index (κ1) is 16.9. The topological polar surface area (TPSA) is 110 Å². The maximum atomic E-state index is 12.0. The predicted molar refractivity (Wildman–Crippen MR) is 71.6 cm³/mol. The van der Waals surface area contributed by atoms with Crippen LogP contribution in [0.15, 0.2) is 0 Å². The van der Waals surface area contributed by atoms with E-state index in [1.54, 1.807) is 0 Å². The molecule has 0 atom stereocenters. The molecular weight excluding hydrogens is 286 g/mol. The molecule has 1 rings (SSSR count). The van der Waals surface area contributed by atoms with E-state index in [1.165, 1.54) is 7.11 Å². The van der Waals surface area contributed by atoms with Gasteiger partial charge in [0.2, 0.25) is 10.0 Å². The van der Waals surface area contributed by atoms with Crippen LogP contribution in [0.2, 0.25) is 0 Å². The Hall–Kier alpha value is -1.15. The summed E-state index contributed by atoms with van der Waals surface area (Å²) in [7, 11) is -2.51. The van der Waals surface area contributed by atoms with E-state index in [1.807, 2.05) is 0 Å². The molecule has 0 heterocycles. The highest BCUT2D eigenvalue weighted by Crippen LogP contribution is 2.31. The number of rotatable bonds is 7. The van der Waals surface area contributed by atoms with Gasteiger partial charge in [-0.25, -0.2) is 13.1 Å². The van der Waals surface area contributed by atoms with Gasteiger partial charge in [0.05, 0.1) is 25.7 Å². The quantitative estimate of drug-likeness (QED) is 0.668. The first-order valence-electron chi connectivity index (χ1n) is 6.59. The summed E-state index contributed by atoms with van der Waals surface area (Å²) in [5.74, 6) is -2.02. The average molecular weight is 307 g/mol. The van der Waals surface area contributed by atoms with Crippen molar-refractivity contribution in [2.45, 2.75) is 50.5 Å². The lowest BCUT2D eigenvalue weighted by atomic mass is 9.80. The Morgan fingerprint density at radius 1 is 1.25 bits per heavy atom. The molecule has 20 heavy (non-hydrogen) atoms. The number of nitrogens with one attached hydrogen (secondary N) is 1. The van der Waals surface area contributed by atoms with Crippen molar-refractivity contribution in [3.8, 4) is 0 Å². The van der Waals surface area contributed by atoms with E-state index in [4.69, 9.17) is 5.11 Å². The van der Waals surface area contributed by atoms with Crippen LogP contribution in [0.25, 0.3) is 0 Å². The van der Waals surface area contributed by atoms with Gasteiger partial charge in [-0.05, 0) is 12.8 Å². The second kappa shape index (κ2) is 7.03. The Bertz CT molecular complexity index is 453. The van der Waals surface area contributed by atoms with Gasteiger partial charge >= 0.3 is 11.9 Å². The molecule has 2 N–H and O–H groups in total. The molecule has 0 radical (unpaired) electrons. The highest BCUT2D eigenvalue weighted by atomic mass is 32.2. The molecule has 0 spiro atoms. The summed E-state index contributed by atoms with van der Waals surface area (Å²) in [5.41, 5.74) is -0.918. The molecule has 1 aliphatic rings. The standard InChI is InChI=1S/C12H21NO6S/c1-19-11(16)5-8-20(17,18)13-12(9-10(14)15)6-3-2-4-7-12/h13H,2-9H2,1H3,(H,14,15). The Balaban J connectivity index is 2.72. The number of hydrogen-bond acceptors (Lipinski definition) is 5. The number of carbonyl (C=O) groups excluding carboxylic acids is 1. The second-order valence-electron chi connectivity index (χ2n) is 5.16. The lowest BCUT2D eigenvalue weighted by Crippen LogP contribution is -2.51. The molecule has 7 nitrogen and oxygen atoms in total. The zero-order chi connectivity index (χ0) is 15.2. The van der Waals surface area contributed by atoms with Crippen molar-refractivity contribution in [3.05, 3.63) is 0 Å². The van der Waals surface area contributed by atoms with Gasteiger partial charge < -0.3 is 9.84 Å². The number of methoxy groups -OCH3 is 1. The van der Waals surface area contributed by atoms with Gasteiger partial charge in [0.1, 0.15) is 0 Å². The van der Waals surface area contributed by atoms with Gasteiger partial charge in [0.15, 0.2) is 0 Å². The third-order valence-corrected chi connectivity index (χ3v) is 4.96. The van der Waals surface area contributed by atoms with Crippen molar-refractivity contribution >= 4 is 22.0 Å². The Labute approximate surface area is 118 Å². The van der Waals surface area contributed by atoms with Gasteiger partial charge in [-0.1, -0.05) is 19.3 Å². The van der Waals surface area contributed by atoms with Crippen LogP contribution in [0.4, 0.5) is 0 Å². The molecule has 116 valence electrons. The van der Waals surface area contributed by atoms with Crippen molar-refractivity contribution < 1.29 is 27.9 Å². The summed E-state index contributed by atoms with van der Waals surface area (Å²) in [4.78, 5) is 22.0. The maximum Gasteiger partial charge on any atom is 0.306 e. The maximum absolute atomic E-state index is 12.0. The number of ether oxygens (including phenoxy) is 1. The number of hydrogen-bond donors (Lipinski definition) is 2. The fourth-order valence-corrected chi connectivity index (χ4v) is 4.01. The molecule has 0 saturated heterocycles. The van der Waals surface area contributed by atoms with Crippen LogP contribution in [-0.4, -0.2) is 43.9 Å². The van der Waals surface area contributed by atoms with Crippen molar-refractivity contribution in [3.63, 3.8) is 0 Å². The molecular formula is C12H21NO6S. The summed E-state index contributed by atoms with van der Waals surface area (Å²) in [6.07, 6.45) is 3.12. The van der Waals surface area contributed by atoms with Crippen molar-refractivity contribution in [1.29, 1.82) is 0 Å². The van der Waals surface area contributed by atoms with Crippen LogP contribution >= 0.6 is 0 Å². The molecule has 0 aromatic heterocycles. The van der Waals surface area contributed by atoms with Gasteiger partial charge in [0.25, 0.3) is 0 Å². The van der Waals surface area contributed by atoms with Crippen molar-refractivity contribution in [2.24, 2.45) is 0 Å². The normalized spacial score (nSPS) is 18.4. The highest BCUT2D eigenvalue weighted by Gasteiger charge is 2.37. The van der Waals surface area contributed by atoms with Gasteiger partial charge in [-0.3, -0.25) is 9.59 Å². The summed E-state index contributed by atoms with van der Waals surface area (Å²) in [6.45, 7) is 0. The van der Waals surface area contributed by atoms with Crippen LogP contribution in [0, 0.1) is 0 Å². The third-order valence-electron chi connectivity index (χ3n) is 3.47. The number of carboxylic acids is 1. The second-order valence-corrected chi connectivity index (χ2v) is 7.00. The summed E-state index contributed by atoms with van der Waals surface area (Å²) >= 11 is 0. The van der Waals surface area contributed by atoms with Crippen molar-refractivity contribution in [1.82, 2.24) is 4.72 Å². The Morgan fingerprint density at radius 2 is 1.85 bits per heavy atom. The summed E-state index contributed by atoms with van der Waals surface area (Å²) in [5, 5.41) is 8.98. The monoisotopic (exact) mass is 307 g/mol. The predicted octanol–water partition coefficient (Wildman–Crippen LogP) is 0.646. The summed E-state index contributed by atoms with van der Waals surface area (Å²) < 4.78 is 30.9. The van der Waals surface area contributed by atoms with E-state index >= 15 is 0 Å². The third kappa shape index (κ3) is 5.46. The Kier molecular flexibility index (Phi) is 5.94. The van der Waals surface area contributed by atoms with Crippen LogP contribution in [0.5, 0.6) is 0 Å². The SMILES string of the molecule is COC(=O)CCS(=O)(=O)NC1(CC(=O)O)CCCCC1. The molecule has 0 amide bonds. The van der Waals surface area contributed by atoms with E-state index in [0.717, 1.165) is 19.3 Å². The van der Waals surface area contributed by atoms with E-state index in [2.05, 4.69) is 9.46 Å². The lowest BCUT2D eigenvalue weighted by molar-refractivity contribution is -0.140. The number of aliphatic carboxylic acids is 1. The largest absolute Gasteiger partial charge is 0.481 e. The number of carboxylic acid groups (broad SMARTS) is 1. The van der Waals surface area contributed by atoms with E-state index in [9.17, 15) is 18.0 Å². The fourth-order valence-electron chi connectivity index (χ4n) is 2.53. The van der Waals surface area contributed by atoms with Crippen LogP contribution < -0.4 is 4.72 Å². The molecule has 1 aliphatic carbocycles. The first-order chi connectivity index (χ1) is 9.29. The van der Waals surface area contributed by atoms with Gasteiger partial charge in [0, 0.05) is 5.54 Å². The van der Waals surface area contributed by atoms with E-state index < -0.39 is 27.5 Å². The number of esters is 1. The molecule has 8 heteroatoms. The molecule has 0 aromatic carbocycles. The van der Waals surface area contributed by atoms with Gasteiger partial charge in [-0.2, -0.15) is 0 Å². The molecule has 0 aliphatic heterocycles. The minimum absolute atomic E-state index is 0.232. The Morgan fingerprint density at radius 3 is 2.35 bits per heavy atom. The molecule has 0 aromatic rings. The van der Waals surface area contributed by atoms with Crippen molar-refractivity contribution in [2.75, 3.05) is 12.9 Å². The minimum atomic E-state index is -3.70. The van der Waals surface area contributed by atoms with E-state index in [0.29, 0.717) is 12.8 Å². The lowest BCUT2D eigenvalue weighted by Gasteiger charge is -2.36. The molecule has 1 saturated carbocycles. The van der Waals surface area contributed by atoms with Crippen LogP contribution in [0.3, 0.4) is 0 Å². The zero-order valence-corrected chi connectivity index (χ0v) is 12.4. The number of sulfonamides is 1. The van der Waals surface area contributed by atoms with Crippen LogP contribution in [0.1, 0.15) is 44.9 Å². The smallest absolute Gasteiger partial charge is 0.306 e. The summed E-state index contributed by atoms with van der Waals surface area (Å²) in [6, 6.07) is 0. The van der Waals surface area contributed by atoms with Crippen LogP contribution in [-0.2, 0) is 24.3 Å².